The summed E-state index contributed by atoms with van der Waals surface area (Å²) in [4.78, 5) is 4.83. The molecule has 0 saturated carbocycles. The number of hydrogen-bond donors (Lipinski definition) is 2. The zero-order valence-corrected chi connectivity index (χ0v) is 21.3. The van der Waals surface area contributed by atoms with Gasteiger partial charge in [-0.05, 0) is 67.3 Å². The minimum Gasteiger partial charge on any atom is -0.486 e. The zero-order chi connectivity index (χ0) is 23.7. The summed E-state index contributed by atoms with van der Waals surface area (Å²) in [6, 6.07) is 14.2. The highest BCUT2D eigenvalue weighted by Crippen LogP contribution is 2.20. The number of aromatic nitrogens is 1. The number of rotatable bonds is 13. The van der Waals surface area contributed by atoms with E-state index in [1.807, 2.05) is 18.2 Å². The molecule has 0 saturated heterocycles. The predicted octanol–water partition coefficient (Wildman–Crippen LogP) is 5.35. The highest BCUT2D eigenvalue weighted by atomic mass is 35.5. The third-order valence-electron chi connectivity index (χ3n) is 4.95. The molecule has 0 aliphatic carbocycles. The Morgan fingerprint density at radius 3 is 2.58 bits per heavy atom. The van der Waals surface area contributed by atoms with Gasteiger partial charge in [0, 0.05) is 23.5 Å². The quantitative estimate of drug-likeness (QED) is 0.305. The molecule has 0 radical (unpaired) electrons. The molecular formula is C24H30ClN3O3S2. The Kier molecular flexibility index (Phi) is 9.70. The number of unbranched alkanes of at least 4 members (excludes halogenated alkanes) is 1. The maximum atomic E-state index is 12.2. The molecule has 2 N–H and O–H groups in total. The first-order valence-corrected chi connectivity index (χ1v) is 13.7. The van der Waals surface area contributed by atoms with Crippen molar-refractivity contribution < 1.29 is 13.2 Å². The van der Waals surface area contributed by atoms with E-state index in [9.17, 15) is 8.42 Å². The summed E-state index contributed by atoms with van der Waals surface area (Å²) >= 11 is 7.44. The van der Waals surface area contributed by atoms with Crippen LogP contribution >= 0.6 is 22.9 Å². The second-order valence-electron chi connectivity index (χ2n) is 7.99. The highest BCUT2D eigenvalue weighted by Gasteiger charge is 2.12. The normalized spacial score (nSPS) is 11.8. The first-order valence-electron chi connectivity index (χ1n) is 11.0. The van der Waals surface area contributed by atoms with E-state index >= 15 is 0 Å². The molecule has 3 aromatic rings. The monoisotopic (exact) mass is 507 g/mol. The Labute approximate surface area is 205 Å². The van der Waals surface area contributed by atoms with Crippen LogP contribution in [0.5, 0.6) is 5.75 Å². The molecule has 33 heavy (non-hydrogen) atoms. The van der Waals surface area contributed by atoms with E-state index in [1.165, 1.54) is 12.1 Å². The van der Waals surface area contributed by atoms with Gasteiger partial charge in [-0.2, -0.15) is 0 Å². The van der Waals surface area contributed by atoms with Gasteiger partial charge in [0.25, 0.3) is 0 Å². The largest absolute Gasteiger partial charge is 0.486 e. The summed E-state index contributed by atoms with van der Waals surface area (Å²) < 4.78 is 33.0. The molecule has 1 aromatic heterocycles. The summed E-state index contributed by atoms with van der Waals surface area (Å²) in [6.07, 6.45) is 1.61. The Morgan fingerprint density at radius 1 is 1.09 bits per heavy atom. The van der Waals surface area contributed by atoms with E-state index in [-0.39, 0.29) is 4.90 Å². The molecule has 0 amide bonds. The number of nitrogens with one attached hydrogen (secondary N) is 2. The van der Waals surface area contributed by atoms with E-state index in [4.69, 9.17) is 16.3 Å². The van der Waals surface area contributed by atoms with E-state index < -0.39 is 10.0 Å². The fraction of sp³-hybridized carbons (Fsp3) is 0.375. The van der Waals surface area contributed by atoms with Gasteiger partial charge in [-0.25, -0.2) is 18.1 Å². The van der Waals surface area contributed by atoms with Crippen molar-refractivity contribution in [3.05, 3.63) is 75.2 Å². The van der Waals surface area contributed by atoms with Crippen molar-refractivity contribution in [3.8, 4) is 5.75 Å². The zero-order valence-electron chi connectivity index (χ0n) is 18.9. The van der Waals surface area contributed by atoms with E-state index in [0.717, 1.165) is 47.9 Å². The summed E-state index contributed by atoms with van der Waals surface area (Å²) in [5, 5.41) is 6.98. The Bertz CT molecular complexity index is 1120. The van der Waals surface area contributed by atoms with Crippen LogP contribution in [0, 0.1) is 0 Å². The number of hydrogen-bond acceptors (Lipinski definition) is 6. The third kappa shape index (κ3) is 8.39. The molecular weight excluding hydrogens is 478 g/mol. The topological polar surface area (TPSA) is 80.3 Å². The predicted molar refractivity (Wildman–Crippen MR) is 135 cm³/mol. The van der Waals surface area contributed by atoms with Gasteiger partial charge in [-0.1, -0.05) is 37.6 Å². The fourth-order valence-corrected chi connectivity index (χ4v) is 5.13. The highest BCUT2D eigenvalue weighted by molar-refractivity contribution is 7.89. The lowest BCUT2D eigenvalue weighted by atomic mass is 10.2. The Hall–Kier alpha value is -1.97. The van der Waals surface area contributed by atoms with Crippen molar-refractivity contribution in [2.75, 3.05) is 13.1 Å². The van der Waals surface area contributed by atoms with Crippen molar-refractivity contribution in [1.29, 1.82) is 0 Å². The number of thiazole rings is 1. The molecule has 0 atom stereocenters. The van der Waals surface area contributed by atoms with Gasteiger partial charge >= 0.3 is 0 Å². The number of benzene rings is 2. The average Bonchev–Trinajstić information content (AvgIpc) is 3.27. The van der Waals surface area contributed by atoms with Crippen LogP contribution < -0.4 is 14.8 Å². The van der Waals surface area contributed by atoms with Crippen LogP contribution in [0.3, 0.4) is 0 Å². The molecule has 1 heterocycles. The van der Waals surface area contributed by atoms with Crippen LogP contribution in [0.1, 0.15) is 48.9 Å². The molecule has 9 heteroatoms. The van der Waals surface area contributed by atoms with Crippen molar-refractivity contribution >= 4 is 33.0 Å². The van der Waals surface area contributed by atoms with Gasteiger partial charge in [-0.15, -0.1) is 11.3 Å². The van der Waals surface area contributed by atoms with Crippen molar-refractivity contribution in [3.63, 3.8) is 0 Å². The molecule has 6 nitrogen and oxygen atoms in total. The molecule has 178 valence electrons. The van der Waals surface area contributed by atoms with E-state index in [0.29, 0.717) is 24.1 Å². The number of ether oxygens (including phenoxy) is 1. The summed E-state index contributed by atoms with van der Waals surface area (Å²) in [5.74, 6) is 1.25. The van der Waals surface area contributed by atoms with Gasteiger partial charge < -0.3 is 10.1 Å². The molecule has 3 rings (SSSR count). The first kappa shape index (κ1) is 25.6. The van der Waals surface area contributed by atoms with Crippen LogP contribution in [0.4, 0.5) is 0 Å². The lowest BCUT2D eigenvalue weighted by Gasteiger charge is -2.09. The van der Waals surface area contributed by atoms with Gasteiger partial charge in [0.1, 0.15) is 17.4 Å². The SMILES string of the molecule is CC(C)c1csc(COc2cccc(CNCCCCNS(=O)(=O)c3ccc(Cl)cc3)c2)n1. The van der Waals surface area contributed by atoms with Gasteiger partial charge in [0.15, 0.2) is 0 Å². The molecule has 0 aliphatic heterocycles. The lowest BCUT2D eigenvalue weighted by Crippen LogP contribution is -2.25. The van der Waals surface area contributed by atoms with Gasteiger partial charge in [0.2, 0.25) is 10.0 Å². The maximum Gasteiger partial charge on any atom is 0.240 e. The minimum atomic E-state index is -3.49. The van der Waals surface area contributed by atoms with Crippen LogP contribution in [0.2, 0.25) is 5.02 Å². The lowest BCUT2D eigenvalue weighted by molar-refractivity contribution is 0.305. The molecule has 2 aromatic carbocycles. The fourth-order valence-electron chi connectivity index (χ4n) is 3.06. The first-order chi connectivity index (χ1) is 15.8. The summed E-state index contributed by atoms with van der Waals surface area (Å²) in [5.41, 5.74) is 2.24. The standard InChI is InChI=1S/C24H30ClN3O3S2/c1-18(2)23-17-32-24(28-23)16-31-21-7-5-6-19(14-21)15-26-12-3-4-13-27-33(29,30)22-10-8-20(25)9-11-22/h5-11,14,17-18,26-27H,3-4,12-13,15-16H2,1-2H3. The van der Waals surface area contributed by atoms with Gasteiger partial charge in [0.05, 0.1) is 10.6 Å². The van der Waals surface area contributed by atoms with Crippen LogP contribution in [-0.2, 0) is 23.2 Å². The Morgan fingerprint density at radius 2 is 1.85 bits per heavy atom. The average molecular weight is 508 g/mol. The summed E-state index contributed by atoms with van der Waals surface area (Å²) in [6.45, 7) is 6.66. The second-order valence-corrected chi connectivity index (χ2v) is 11.1. The van der Waals surface area contributed by atoms with Crippen LogP contribution in [-0.4, -0.2) is 26.5 Å². The van der Waals surface area contributed by atoms with Crippen molar-refractivity contribution in [2.45, 2.75) is 50.7 Å². The molecule has 0 bridgehead atoms. The second kappa shape index (κ2) is 12.5. The van der Waals surface area contributed by atoms with E-state index in [1.54, 1.807) is 23.5 Å². The smallest absolute Gasteiger partial charge is 0.240 e. The van der Waals surface area contributed by atoms with Crippen molar-refractivity contribution in [1.82, 2.24) is 15.0 Å². The Balaban J connectivity index is 1.33. The van der Waals surface area contributed by atoms with Crippen LogP contribution in [0.25, 0.3) is 0 Å². The van der Waals surface area contributed by atoms with Crippen LogP contribution in [0.15, 0.2) is 58.8 Å². The molecule has 0 spiro atoms. The number of sulfonamides is 1. The van der Waals surface area contributed by atoms with E-state index in [2.05, 4.69) is 40.3 Å². The number of halogens is 1. The molecule has 0 unspecified atom stereocenters. The molecule has 0 aliphatic rings. The van der Waals surface area contributed by atoms with Crippen molar-refractivity contribution in [2.24, 2.45) is 0 Å². The minimum absolute atomic E-state index is 0.224. The third-order valence-corrected chi connectivity index (χ3v) is 7.52. The molecule has 0 fully saturated rings. The maximum absolute atomic E-state index is 12.2. The summed E-state index contributed by atoms with van der Waals surface area (Å²) in [7, 11) is -3.49. The number of nitrogens with zero attached hydrogens (tertiary/aromatic N) is 1. The van der Waals surface area contributed by atoms with Gasteiger partial charge in [-0.3, -0.25) is 0 Å².